The first-order chi connectivity index (χ1) is 10.1. The van der Waals surface area contributed by atoms with E-state index in [2.05, 4.69) is 24.1 Å². The third-order valence-electron chi connectivity index (χ3n) is 4.47. The van der Waals surface area contributed by atoms with Crippen LogP contribution in [0.15, 0.2) is 24.3 Å². The Morgan fingerprint density at radius 1 is 1.00 bits per heavy atom. The smallest absolute Gasteiger partial charge is 0.261 e. The Morgan fingerprint density at radius 2 is 1.52 bits per heavy atom. The van der Waals surface area contributed by atoms with Gasteiger partial charge in [0.2, 0.25) is 0 Å². The van der Waals surface area contributed by atoms with Crippen LogP contribution < -0.4 is 5.32 Å². The quantitative estimate of drug-likeness (QED) is 0.842. The lowest BCUT2D eigenvalue weighted by Crippen LogP contribution is -2.56. The zero-order chi connectivity index (χ0) is 15.0. The highest BCUT2D eigenvalue weighted by Gasteiger charge is 2.35. The van der Waals surface area contributed by atoms with Crippen molar-refractivity contribution in [3.05, 3.63) is 35.4 Å². The molecule has 2 aliphatic rings. The molecule has 0 aliphatic carbocycles. The highest BCUT2D eigenvalue weighted by Crippen LogP contribution is 2.22. The molecule has 2 aliphatic heterocycles. The van der Waals surface area contributed by atoms with E-state index >= 15 is 0 Å². The SMILES string of the molecule is CC1CNCC(C)N1CCN1C(=O)c2ccccc2C1=O. The molecular formula is C16H21N3O2. The number of carbonyl (C=O) groups is 2. The average Bonchev–Trinajstić information content (AvgIpc) is 2.72. The summed E-state index contributed by atoms with van der Waals surface area (Å²) in [5, 5.41) is 3.38. The molecule has 1 fully saturated rings. The van der Waals surface area contributed by atoms with Crippen LogP contribution in [-0.2, 0) is 0 Å². The first-order valence-corrected chi connectivity index (χ1v) is 7.51. The summed E-state index contributed by atoms with van der Waals surface area (Å²) in [5.41, 5.74) is 1.06. The highest BCUT2D eigenvalue weighted by molar-refractivity contribution is 6.21. The Balaban J connectivity index is 1.69. The van der Waals surface area contributed by atoms with Crippen molar-refractivity contribution in [2.75, 3.05) is 26.2 Å². The molecule has 0 bridgehead atoms. The highest BCUT2D eigenvalue weighted by atomic mass is 16.2. The molecular weight excluding hydrogens is 266 g/mol. The normalized spacial score (nSPS) is 26.3. The van der Waals surface area contributed by atoms with Crippen molar-refractivity contribution < 1.29 is 9.59 Å². The number of imide groups is 1. The molecule has 112 valence electrons. The van der Waals surface area contributed by atoms with Gasteiger partial charge in [-0.15, -0.1) is 0 Å². The molecule has 0 spiro atoms. The summed E-state index contributed by atoms with van der Waals surface area (Å²) in [6.45, 7) is 7.44. The largest absolute Gasteiger partial charge is 0.314 e. The average molecular weight is 287 g/mol. The molecule has 0 saturated carbocycles. The summed E-state index contributed by atoms with van der Waals surface area (Å²) in [4.78, 5) is 28.4. The number of hydrogen-bond acceptors (Lipinski definition) is 4. The predicted octanol–water partition coefficient (Wildman–Crippen LogP) is 0.965. The van der Waals surface area contributed by atoms with Gasteiger partial charge >= 0.3 is 0 Å². The molecule has 1 N–H and O–H groups in total. The number of benzene rings is 1. The van der Waals surface area contributed by atoms with Gasteiger partial charge < -0.3 is 5.32 Å². The lowest BCUT2D eigenvalue weighted by molar-refractivity contribution is 0.0581. The van der Waals surface area contributed by atoms with Crippen LogP contribution in [0.1, 0.15) is 34.6 Å². The maximum Gasteiger partial charge on any atom is 0.261 e. The zero-order valence-electron chi connectivity index (χ0n) is 12.5. The van der Waals surface area contributed by atoms with Crippen LogP contribution in [-0.4, -0.2) is 59.9 Å². The van der Waals surface area contributed by atoms with Crippen LogP contribution >= 0.6 is 0 Å². The van der Waals surface area contributed by atoms with Gasteiger partial charge in [0, 0.05) is 38.3 Å². The van der Waals surface area contributed by atoms with Crippen molar-refractivity contribution in [2.24, 2.45) is 0 Å². The third-order valence-corrected chi connectivity index (χ3v) is 4.47. The van der Waals surface area contributed by atoms with E-state index in [9.17, 15) is 9.59 Å². The van der Waals surface area contributed by atoms with Crippen molar-refractivity contribution in [1.29, 1.82) is 0 Å². The molecule has 3 rings (SSSR count). The first-order valence-electron chi connectivity index (χ1n) is 7.51. The Hall–Kier alpha value is -1.72. The number of rotatable bonds is 3. The van der Waals surface area contributed by atoms with Crippen molar-refractivity contribution in [3.8, 4) is 0 Å². The van der Waals surface area contributed by atoms with Crippen LogP contribution in [0.2, 0.25) is 0 Å². The number of nitrogens with zero attached hydrogens (tertiary/aromatic N) is 2. The molecule has 0 radical (unpaired) electrons. The zero-order valence-corrected chi connectivity index (χ0v) is 12.5. The molecule has 2 heterocycles. The Kier molecular flexibility index (Phi) is 3.78. The van der Waals surface area contributed by atoms with E-state index in [1.54, 1.807) is 24.3 Å². The van der Waals surface area contributed by atoms with Crippen LogP contribution in [0.3, 0.4) is 0 Å². The second kappa shape index (κ2) is 5.58. The van der Waals surface area contributed by atoms with E-state index in [1.165, 1.54) is 4.90 Å². The Morgan fingerprint density at radius 3 is 2.05 bits per heavy atom. The lowest BCUT2D eigenvalue weighted by Gasteiger charge is -2.39. The van der Waals surface area contributed by atoms with E-state index < -0.39 is 0 Å². The molecule has 2 atom stereocenters. The fourth-order valence-corrected chi connectivity index (χ4v) is 3.27. The molecule has 2 amide bonds. The fourth-order valence-electron chi connectivity index (χ4n) is 3.27. The maximum atomic E-state index is 12.3. The Labute approximate surface area is 124 Å². The fraction of sp³-hybridized carbons (Fsp3) is 0.500. The molecule has 1 saturated heterocycles. The minimum Gasteiger partial charge on any atom is -0.314 e. The number of carbonyl (C=O) groups excluding carboxylic acids is 2. The second-order valence-electron chi connectivity index (χ2n) is 5.90. The second-order valence-corrected chi connectivity index (χ2v) is 5.90. The molecule has 21 heavy (non-hydrogen) atoms. The van der Waals surface area contributed by atoms with Crippen molar-refractivity contribution in [3.63, 3.8) is 0 Å². The monoisotopic (exact) mass is 287 g/mol. The van der Waals surface area contributed by atoms with Crippen LogP contribution in [0, 0.1) is 0 Å². The number of amides is 2. The Bertz CT molecular complexity index is 527. The van der Waals surface area contributed by atoms with Gasteiger partial charge in [-0.25, -0.2) is 0 Å². The topological polar surface area (TPSA) is 52.6 Å². The number of nitrogens with one attached hydrogen (secondary N) is 1. The van der Waals surface area contributed by atoms with Gasteiger partial charge in [0.05, 0.1) is 11.1 Å². The number of hydrogen-bond donors (Lipinski definition) is 1. The maximum absolute atomic E-state index is 12.3. The summed E-state index contributed by atoms with van der Waals surface area (Å²) in [6, 6.07) is 7.90. The van der Waals surface area contributed by atoms with E-state index in [4.69, 9.17) is 0 Å². The van der Waals surface area contributed by atoms with Gasteiger partial charge in [-0.1, -0.05) is 12.1 Å². The van der Waals surface area contributed by atoms with Crippen LogP contribution in [0.4, 0.5) is 0 Å². The van der Waals surface area contributed by atoms with E-state index in [1.807, 2.05) is 0 Å². The number of fused-ring (bicyclic) bond motifs is 1. The number of piperazine rings is 1. The van der Waals surface area contributed by atoms with Gasteiger partial charge in [0.1, 0.15) is 0 Å². The molecule has 0 aromatic heterocycles. The summed E-state index contributed by atoms with van der Waals surface area (Å²) >= 11 is 0. The van der Waals surface area contributed by atoms with Gasteiger partial charge in [0.25, 0.3) is 11.8 Å². The lowest BCUT2D eigenvalue weighted by atomic mass is 10.1. The summed E-state index contributed by atoms with van der Waals surface area (Å²) in [5.74, 6) is -0.322. The van der Waals surface area contributed by atoms with Crippen LogP contribution in [0.25, 0.3) is 0 Å². The van der Waals surface area contributed by atoms with E-state index in [-0.39, 0.29) is 11.8 Å². The molecule has 5 nitrogen and oxygen atoms in total. The molecule has 5 heteroatoms. The predicted molar refractivity (Wildman–Crippen MR) is 80.3 cm³/mol. The summed E-state index contributed by atoms with van der Waals surface area (Å²) in [7, 11) is 0. The van der Waals surface area contributed by atoms with Crippen LogP contribution in [0.5, 0.6) is 0 Å². The van der Waals surface area contributed by atoms with E-state index in [0.29, 0.717) is 29.8 Å². The van der Waals surface area contributed by atoms with E-state index in [0.717, 1.165) is 19.6 Å². The molecule has 1 aromatic rings. The standard InChI is InChI=1S/C16H21N3O2/c1-11-9-17-10-12(2)18(11)7-8-19-15(20)13-5-3-4-6-14(13)16(19)21/h3-6,11-12,17H,7-10H2,1-2H3. The molecule has 1 aromatic carbocycles. The summed E-state index contributed by atoms with van der Waals surface area (Å²) < 4.78 is 0. The van der Waals surface area contributed by atoms with Crippen molar-refractivity contribution in [2.45, 2.75) is 25.9 Å². The van der Waals surface area contributed by atoms with Crippen molar-refractivity contribution in [1.82, 2.24) is 15.1 Å². The van der Waals surface area contributed by atoms with Crippen molar-refractivity contribution >= 4 is 11.8 Å². The minimum atomic E-state index is -0.161. The minimum absolute atomic E-state index is 0.161. The first kappa shape index (κ1) is 14.2. The third kappa shape index (κ3) is 2.47. The van der Waals surface area contributed by atoms with Gasteiger partial charge in [-0.3, -0.25) is 19.4 Å². The summed E-state index contributed by atoms with van der Waals surface area (Å²) in [6.07, 6.45) is 0. The molecule has 2 unspecified atom stereocenters. The van der Waals surface area contributed by atoms with Gasteiger partial charge in [-0.05, 0) is 26.0 Å². The van der Waals surface area contributed by atoms with Gasteiger partial charge in [-0.2, -0.15) is 0 Å². The van der Waals surface area contributed by atoms with Gasteiger partial charge in [0.15, 0.2) is 0 Å².